The van der Waals surface area contributed by atoms with Gasteiger partial charge in [0, 0.05) is 22.1 Å². The molecule has 0 aliphatic carbocycles. The smallest absolute Gasteiger partial charge is 0.135 e. The maximum Gasteiger partial charge on any atom is 0.135 e. The number of thiophene rings is 1. The molecule has 0 spiro atoms. The number of rotatable bonds is 5. The summed E-state index contributed by atoms with van der Waals surface area (Å²) in [7, 11) is 0. The minimum Gasteiger partial charge on any atom is -0.391 e. The van der Waals surface area contributed by atoms with Crippen LogP contribution in [-0.4, -0.2) is 10.9 Å². The average molecular weight is 212 g/mol. The third-order valence-electron chi connectivity index (χ3n) is 2.13. The van der Waals surface area contributed by atoms with Gasteiger partial charge in [0.15, 0.2) is 0 Å². The highest BCUT2D eigenvalue weighted by molar-refractivity contribution is 7.11. The Morgan fingerprint density at radius 3 is 2.57 bits per heavy atom. The van der Waals surface area contributed by atoms with Gasteiger partial charge in [-0.05, 0) is 18.6 Å². The molecule has 1 rings (SSSR count). The zero-order valence-corrected chi connectivity index (χ0v) is 9.43. The Hall–Kier alpha value is -0.670. The van der Waals surface area contributed by atoms with Crippen LogP contribution in [0.2, 0.25) is 0 Å². The number of carbonyl (C=O) groups is 1. The standard InChI is InChI=1S/C11H16O2S/c1-8(2)11(13)6-5-9-3-4-10(7-12)14-9/h3-4,8,12H,5-7H2,1-2H3. The monoisotopic (exact) mass is 212 g/mol. The van der Waals surface area contributed by atoms with Gasteiger partial charge in [0.1, 0.15) is 5.78 Å². The van der Waals surface area contributed by atoms with Crippen molar-refractivity contribution in [3.05, 3.63) is 21.9 Å². The molecule has 0 aliphatic rings. The number of hydrogen-bond donors (Lipinski definition) is 1. The molecule has 1 aromatic heterocycles. The Labute approximate surface area is 88.6 Å². The minimum absolute atomic E-state index is 0.1000. The molecule has 0 saturated carbocycles. The van der Waals surface area contributed by atoms with Gasteiger partial charge in [0.05, 0.1) is 6.61 Å². The third-order valence-corrected chi connectivity index (χ3v) is 3.26. The van der Waals surface area contributed by atoms with Gasteiger partial charge in [0.2, 0.25) is 0 Å². The predicted molar refractivity (Wildman–Crippen MR) is 58.4 cm³/mol. The summed E-state index contributed by atoms with van der Waals surface area (Å²) in [6.45, 7) is 3.95. The van der Waals surface area contributed by atoms with Crippen molar-refractivity contribution in [1.29, 1.82) is 0 Å². The molecule has 1 aromatic rings. The van der Waals surface area contributed by atoms with E-state index in [1.54, 1.807) is 11.3 Å². The van der Waals surface area contributed by atoms with E-state index in [4.69, 9.17) is 5.11 Å². The Bertz CT molecular complexity index is 302. The molecular weight excluding hydrogens is 196 g/mol. The largest absolute Gasteiger partial charge is 0.391 e. The highest BCUT2D eigenvalue weighted by Gasteiger charge is 2.08. The van der Waals surface area contributed by atoms with E-state index in [2.05, 4.69) is 0 Å². The molecule has 2 nitrogen and oxygen atoms in total. The maximum atomic E-state index is 11.3. The summed E-state index contributed by atoms with van der Waals surface area (Å²) in [6, 6.07) is 3.91. The predicted octanol–water partition coefficient (Wildman–Crippen LogP) is 2.40. The second-order valence-electron chi connectivity index (χ2n) is 3.65. The molecule has 14 heavy (non-hydrogen) atoms. The molecule has 0 unspecified atom stereocenters. The fourth-order valence-corrected chi connectivity index (χ4v) is 2.05. The Balaban J connectivity index is 2.41. The van der Waals surface area contributed by atoms with Crippen LogP contribution in [0.25, 0.3) is 0 Å². The van der Waals surface area contributed by atoms with Crippen molar-refractivity contribution in [3.8, 4) is 0 Å². The average Bonchev–Trinajstić information content (AvgIpc) is 2.61. The van der Waals surface area contributed by atoms with Crippen molar-refractivity contribution in [3.63, 3.8) is 0 Å². The zero-order valence-electron chi connectivity index (χ0n) is 8.62. The SMILES string of the molecule is CC(C)C(=O)CCc1ccc(CO)s1. The minimum atomic E-state index is 0.1000. The van der Waals surface area contributed by atoms with Crippen LogP contribution >= 0.6 is 11.3 Å². The van der Waals surface area contributed by atoms with Gasteiger partial charge in [-0.2, -0.15) is 0 Å². The molecule has 1 heterocycles. The second kappa shape index (κ2) is 5.27. The normalized spacial score (nSPS) is 10.9. The lowest BCUT2D eigenvalue weighted by molar-refractivity contribution is -0.121. The number of hydrogen-bond acceptors (Lipinski definition) is 3. The highest BCUT2D eigenvalue weighted by Crippen LogP contribution is 2.18. The van der Waals surface area contributed by atoms with Crippen molar-refractivity contribution in [2.24, 2.45) is 5.92 Å². The number of carbonyl (C=O) groups excluding carboxylic acids is 1. The molecule has 0 aliphatic heterocycles. The van der Waals surface area contributed by atoms with Crippen LogP contribution in [-0.2, 0) is 17.8 Å². The van der Waals surface area contributed by atoms with Gasteiger partial charge in [-0.3, -0.25) is 4.79 Å². The van der Waals surface area contributed by atoms with Gasteiger partial charge >= 0.3 is 0 Å². The van der Waals surface area contributed by atoms with Gasteiger partial charge < -0.3 is 5.11 Å². The van der Waals surface area contributed by atoms with Crippen LogP contribution in [0, 0.1) is 5.92 Å². The van der Waals surface area contributed by atoms with Gasteiger partial charge in [-0.25, -0.2) is 0 Å². The van der Waals surface area contributed by atoms with E-state index in [1.807, 2.05) is 26.0 Å². The van der Waals surface area contributed by atoms with Gasteiger partial charge in [0.25, 0.3) is 0 Å². The molecule has 0 amide bonds. The molecule has 0 saturated heterocycles. The highest BCUT2D eigenvalue weighted by atomic mass is 32.1. The summed E-state index contributed by atoms with van der Waals surface area (Å²) in [4.78, 5) is 13.5. The number of aryl methyl sites for hydroxylation is 1. The quantitative estimate of drug-likeness (QED) is 0.813. The van der Waals surface area contributed by atoms with Crippen molar-refractivity contribution >= 4 is 17.1 Å². The van der Waals surface area contributed by atoms with Gasteiger partial charge in [-0.15, -0.1) is 11.3 Å². The van der Waals surface area contributed by atoms with E-state index < -0.39 is 0 Å². The second-order valence-corrected chi connectivity index (χ2v) is 4.90. The van der Waals surface area contributed by atoms with E-state index in [-0.39, 0.29) is 12.5 Å². The zero-order chi connectivity index (χ0) is 10.6. The molecule has 78 valence electrons. The van der Waals surface area contributed by atoms with Crippen LogP contribution in [0.4, 0.5) is 0 Å². The summed E-state index contributed by atoms with van der Waals surface area (Å²) in [5, 5.41) is 8.86. The lowest BCUT2D eigenvalue weighted by Gasteiger charge is -2.01. The molecule has 1 N–H and O–H groups in total. The summed E-state index contributed by atoms with van der Waals surface area (Å²) < 4.78 is 0. The third kappa shape index (κ3) is 3.24. The van der Waals surface area contributed by atoms with Crippen molar-refractivity contribution in [2.75, 3.05) is 0 Å². The lowest BCUT2D eigenvalue weighted by atomic mass is 10.0. The van der Waals surface area contributed by atoms with E-state index in [0.717, 1.165) is 11.3 Å². The summed E-state index contributed by atoms with van der Waals surface area (Å²) in [5.74, 6) is 0.441. The molecule has 0 aromatic carbocycles. The topological polar surface area (TPSA) is 37.3 Å². The molecule has 0 fully saturated rings. The van der Waals surface area contributed by atoms with Crippen molar-refractivity contribution in [2.45, 2.75) is 33.3 Å². The van der Waals surface area contributed by atoms with E-state index in [1.165, 1.54) is 4.88 Å². The Kier molecular flexibility index (Phi) is 4.29. The number of aliphatic hydroxyl groups is 1. The summed E-state index contributed by atoms with van der Waals surface area (Å²) in [5.41, 5.74) is 0. The molecular formula is C11H16O2S. The summed E-state index contributed by atoms with van der Waals surface area (Å²) >= 11 is 1.58. The first kappa shape index (κ1) is 11.4. The number of Topliss-reactive ketones (excluding diaryl/α,β-unsaturated/α-hetero) is 1. The first-order chi connectivity index (χ1) is 6.63. The molecule has 3 heteroatoms. The van der Waals surface area contributed by atoms with Crippen LogP contribution < -0.4 is 0 Å². The van der Waals surface area contributed by atoms with Crippen LogP contribution in [0.3, 0.4) is 0 Å². The Morgan fingerprint density at radius 2 is 2.07 bits per heavy atom. The Morgan fingerprint density at radius 1 is 1.43 bits per heavy atom. The molecule has 0 bridgehead atoms. The molecule has 0 atom stereocenters. The lowest BCUT2D eigenvalue weighted by Crippen LogP contribution is -2.07. The fraction of sp³-hybridized carbons (Fsp3) is 0.545. The van der Waals surface area contributed by atoms with E-state index >= 15 is 0 Å². The van der Waals surface area contributed by atoms with Crippen LogP contribution in [0.15, 0.2) is 12.1 Å². The van der Waals surface area contributed by atoms with E-state index in [9.17, 15) is 4.79 Å². The first-order valence-corrected chi connectivity index (χ1v) is 5.66. The maximum absolute atomic E-state index is 11.3. The fourth-order valence-electron chi connectivity index (χ4n) is 1.18. The number of ketones is 1. The first-order valence-electron chi connectivity index (χ1n) is 4.84. The van der Waals surface area contributed by atoms with Crippen LogP contribution in [0.5, 0.6) is 0 Å². The van der Waals surface area contributed by atoms with Crippen molar-refractivity contribution in [1.82, 2.24) is 0 Å². The molecule has 0 radical (unpaired) electrons. The van der Waals surface area contributed by atoms with Crippen molar-refractivity contribution < 1.29 is 9.90 Å². The van der Waals surface area contributed by atoms with Gasteiger partial charge in [-0.1, -0.05) is 13.8 Å². The summed E-state index contributed by atoms with van der Waals surface area (Å²) in [6.07, 6.45) is 1.42. The van der Waals surface area contributed by atoms with E-state index in [0.29, 0.717) is 12.2 Å². The van der Waals surface area contributed by atoms with Crippen LogP contribution in [0.1, 0.15) is 30.0 Å². The number of aliphatic hydroxyl groups excluding tert-OH is 1.